The Balaban J connectivity index is 2.08. The number of aromatic nitrogens is 2. The Morgan fingerprint density at radius 3 is 2.70 bits per heavy atom. The Labute approximate surface area is 118 Å². The van der Waals surface area contributed by atoms with E-state index in [-0.39, 0.29) is 12.6 Å². The van der Waals surface area contributed by atoms with Crippen LogP contribution in [-0.4, -0.2) is 41.3 Å². The van der Waals surface area contributed by atoms with Crippen molar-refractivity contribution in [3.63, 3.8) is 0 Å². The van der Waals surface area contributed by atoms with Crippen LogP contribution in [0.4, 0.5) is 11.6 Å². The van der Waals surface area contributed by atoms with Crippen molar-refractivity contribution in [3.05, 3.63) is 24.3 Å². The first kappa shape index (κ1) is 13.1. The summed E-state index contributed by atoms with van der Waals surface area (Å²) in [6, 6.07) is 8.02. The van der Waals surface area contributed by atoms with E-state index in [0.29, 0.717) is 0 Å². The van der Waals surface area contributed by atoms with Crippen LogP contribution in [0.25, 0.3) is 11.0 Å². The smallest absolute Gasteiger partial charge is 0.172 e. The summed E-state index contributed by atoms with van der Waals surface area (Å²) in [5.74, 6) is 1.63. The molecule has 1 atom stereocenters. The molecule has 1 unspecified atom stereocenters. The first-order chi connectivity index (χ1) is 9.83. The van der Waals surface area contributed by atoms with Gasteiger partial charge in [-0.2, -0.15) is 0 Å². The van der Waals surface area contributed by atoms with Gasteiger partial charge in [0.1, 0.15) is 0 Å². The number of fused-ring (bicyclic) bond motifs is 1. The maximum absolute atomic E-state index is 9.59. The monoisotopic (exact) mass is 272 g/mol. The van der Waals surface area contributed by atoms with Gasteiger partial charge in [-0.1, -0.05) is 12.1 Å². The molecule has 1 saturated heterocycles. The fraction of sp³-hybridized carbons (Fsp3) is 0.467. The summed E-state index contributed by atoms with van der Waals surface area (Å²) in [4.78, 5) is 11.6. The predicted molar refractivity (Wildman–Crippen MR) is 81.2 cm³/mol. The third kappa shape index (κ3) is 2.29. The van der Waals surface area contributed by atoms with Gasteiger partial charge in [-0.3, -0.25) is 0 Å². The Bertz CT molecular complexity index is 601. The average Bonchev–Trinajstić information content (AvgIpc) is 2.53. The molecule has 20 heavy (non-hydrogen) atoms. The molecule has 2 heterocycles. The molecule has 0 radical (unpaired) electrons. The van der Waals surface area contributed by atoms with E-state index < -0.39 is 0 Å². The summed E-state index contributed by atoms with van der Waals surface area (Å²) in [6.07, 6.45) is 3.31. The summed E-state index contributed by atoms with van der Waals surface area (Å²) >= 11 is 0. The Kier molecular flexibility index (Phi) is 3.69. The van der Waals surface area contributed by atoms with Crippen molar-refractivity contribution >= 4 is 22.7 Å². The lowest BCUT2D eigenvalue weighted by molar-refractivity contribution is 0.239. The van der Waals surface area contributed by atoms with E-state index in [4.69, 9.17) is 4.98 Å². The lowest BCUT2D eigenvalue weighted by atomic mass is 10.0. The van der Waals surface area contributed by atoms with Gasteiger partial charge in [-0.05, 0) is 31.4 Å². The molecule has 0 aliphatic carbocycles. The number of nitrogens with one attached hydrogen (secondary N) is 1. The number of hydrogen-bond acceptors (Lipinski definition) is 5. The van der Waals surface area contributed by atoms with Gasteiger partial charge in [0.05, 0.1) is 23.7 Å². The summed E-state index contributed by atoms with van der Waals surface area (Å²) in [6.45, 7) is 1.09. The number of rotatable bonds is 3. The Morgan fingerprint density at radius 2 is 2.00 bits per heavy atom. The van der Waals surface area contributed by atoms with Crippen molar-refractivity contribution in [1.82, 2.24) is 9.97 Å². The zero-order valence-corrected chi connectivity index (χ0v) is 11.7. The van der Waals surface area contributed by atoms with Gasteiger partial charge in [0, 0.05) is 13.6 Å². The minimum absolute atomic E-state index is 0.145. The normalized spacial score (nSPS) is 19.3. The molecule has 1 aromatic carbocycles. The number of aliphatic hydroxyl groups excluding tert-OH is 1. The highest BCUT2D eigenvalue weighted by Gasteiger charge is 2.25. The van der Waals surface area contributed by atoms with Crippen LogP contribution in [0.5, 0.6) is 0 Å². The fourth-order valence-electron chi connectivity index (χ4n) is 2.83. The molecular formula is C15H20N4O. The highest BCUT2D eigenvalue weighted by atomic mass is 16.3. The largest absolute Gasteiger partial charge is 0.394 e. The second kappa shape index (κ2) is 5.63. The molecule has 106 valence electrons. The van der Waals surface area contributed by atoms with Crippen molar-refractivity contribution in [2.24, 2.45) is 0 Å². The minimum atomic E-state index is 0.145. The topological polar surface area (TPSA) is 61.3 Å². The van der Waals surface area contributed by atoms with E-state index in [1.54, 1.807) is 0 Å². The Morgan fingerprint density at radius 1 is 1.25 bits per heavy atom. The van der Waals surface area contributed by atoms with Gasteiger partial charge >= 0.3 is 0 Å². The van der Waals surface area contributed by atoms with Gasteiger partial charge in [-0.15, -0.1) is 0 Å². The summed E-state index contributed by atoms with van der Waals surface area (Å²) in [5.41, 5.74) is 1.78. The van der Waals surface area contributed by atoms with E-state index in [9.17, 15) is 5.11 Å². The molecule has 3 rings (SSSR count). The zero-order chi connectivity index (χ0) is 13.9. The lowest BCUT2D eigenvalue weighted by Crippen LogP contribution is -2.42. The maximum atomic E-state index is 9.59. The van der Waals surface area contributed by atoms with E-state index in [0.717, 1.165) is 48.5 Å². The van der Waals surface area contributed by atoms with Gasteiger partial charge < -0.3 is 15.3 Å². The van der Waals surface area contributed by atoms with E-state index in [1.165, 1.54) is 0 Å². The predicted octanol–water partition coefficient (Wildman–Crippen LogP) is 2.02. The summed E-state index contributed by atoms with van der Waals surface area (Å²) in [7, 11) is 1.86. The standard InChI is InChI=1S/C15H20N4O/c1-16-14-15(19-9-5-4-6-11(19)10-20)18-13-8-3-2-7-12(13)17-14/h2-3,7-8,11,20H,4-6,9-10H2,1H3,(H,16,17). The van der Waals surface area contributed by atoms with Crippen LogP contribution in [0.2, 0.25) is 0 Å². The molecular weight excluding hydrogens is 252 g/mol. The third-order valence-corrected chi connectivity index (χ3v) is 3.90. The summed E-state index contributed by atoms with van der Waals surface area (Å²) in [5, 5.41) is 12.7. The molecule has 1 aliphatic rings. The number of benzene rings is 1. The van der Waals surface area contributed by atoms with E-state index in [2.05, 4.69) is 15.2 Å². The molecule has 5 heteroatoms. The van der Waals surface area contributed by atoms with Gasteiger partial charge in [-0.25, -0.2) is 9.97 Å². The third-order valence-electron chi connectivity index (χ3n) is 3.90. The molecule has 1 aliphatic heterocycles. The molecule has 0 spiro atoms. The second-order valence-electron chi connectivity index (χ2n) is 5.16. The number of nitrogens with zero attached hydrogens (tertiary/aromatic N) is 3. The fourth-order valence-corrected chi connectivity index (χ4v) is 2.83. The number of aliphatic hydroxyl groups is 1. The number of anilines is 2. The van der Waals surface area contributed by atoms with Crippen molar-refractivity contribution in [1.29, 1.82) is 0 Å². The van der Waals surface area contributed by atoms with Crippen LogP contribution in [0.15, 0.2) is 24.3 Å². The second-order valence-corrected chi connectivity index (χ2v) is 5.16. The molecule has 0 saturated carbocycles. The van der Waals surface area contributed by atoms with Gasteiger partial charge in [0.2, 0.25) is 0 Å². The number of hydrogen-bond donors (Lipinski definition) is 2. The molecule has 0 bridgehead atoms. The average molecular weight is 272 g/mol. The van der Waals surface area contributed by atoms with Crippen LogP contribution in [0.1, 0.15) is 19.3 Å². The van der Waals surface area contributed by atoms with Crippen LogP contribution < -0.4 is 10.2 Å². The van der Waals surface area contributed by atoms with Crippen LogP contribution >= 0.6 is 0 Å². The zero-order valence-electron chi connectivity index (χ0n) is 11.7. The molecule has 2 aromatic rings. The van der Waals surface area contributed by atoms with Crippen molar-refractivity contribution < 1.29 is 5.11 Å². The van der Waals surface area contributed by atoms with Crippen LogP contribution in [0.3, 0.4) is 0 Å². The van der Waals surface area contributed by atoms with E-state index >= 15 is 0 Å². The Hall–Kier alpha value is -1.88. The molecule has 2 N–H and O–H groups in total. The van der Waals surface area contributed by atoms with E-state index in [1.807, 2.05) is 31.3 Å². The molecule has 0 amide bonds. The molecule has 1 aromatic heterocycles. The minimum Gasteiger partial charge on any atom is -0.394 e. The number of piperidine rings is 1. The molecule has 5 nitrogen and oxygen atoms in total. The van der Waals surface area contributed by atoms with Crippen molar-refractivity contribution in [2.45, 2.75) is 25.3 Å². The maximum Gasteiger partial charge on any atom is 0.172 e. The first-order valence-electron chi connectivity index (χ1n) is 7.15. The van der Waals surface area contributed by atoms with Crippen LogP contribution in [0, 0.1) is 0 Å². The highest BCUT2D eigenvalue weighted by Crippen LogP contribution is 2.29. The lowest BCUT2D eigenvalue weighted by Gasteiger charge is -2.36. The van der Waals surface area contributed by atoms with Gasteiger partial charge in [0.25, 0.3) is 0 Å². The van der Waals surface area contributed by atoms with Crippen LogP contribution in [-0.2, 0) is 0 Å². The quantitative estimate of drug-likeness (QED) is 0.895. The first-order valence-corrected chi connectivity index (χ1v) is 7.15. The van der Waals surface area contributed by atoms with Crippen molar-refractivity contribution in [2.75, 3.05) is 30.4 Å². The molecule has 1 fully saturated rings. The summed E-state index contributed by atoms with van der Waals surface area (Å²) < 4.78 is 0. The van der Waals surface area contributed by atoms with Crippen molar-refractivity contribution in [3.8, 4) is 0 Å². The SMILES string of the molecule is CNc1nc2ccccc2nc1N1CCCCC1CO. The number of para-hydroxylation sites is 2. The van der Waals surface area contributed by atoms with Gasteiger partial charge in [0.15, 0.2) is 11.6 Å². The highest BCUT2D eigenvalue weighted by molar-refractivity contribution is 5.80.